The molecular weight excluding hydrogens is 514 g/mol. The molecule has 192 valence electrons. The van der Waals surface area contributed by atoms with Gasteiger partial charge in [-0.2, -0.15) is 9.59 Å². The Morgan fingerprint density at radius 2 is 1.86 bits per heavy atom. The number of hydrazone groups is 1. The summed E-state index contributed by atoms with van der Waals surface area (Å²) in [7, 11) is -4.34. The van der Waals surface area contributed by atoms with Gasteiger partial charge in [-0.3, -0.25) is 9.52 Å². The van der Waals surface area contributed by atoms with Gasteiger partial charge in [0.25, 0.3) is 0 Å². The predicted octanol–water partition coefficient (Wildman–Crippen LogP) is -2.63. The van der Waals surface area contributed by atoms with E-state index in [1.165, 1.54) is 6.07 Å². The number of nitrogens with one attached hydrogen (secondary N) is 3. The van der Waals surface area contributed by atoms with Gasteiger partial charge >= 0.3 is 6.15 Å². The zero-order chi connectivity index (χ0) is 27.0. The molecule has 36 heavy (non-hydrogen) atoms. The third-order valence-electron chi connectivity index (χ3n) is 4.52. The number of hydrazine groups is 1. The summed E-state index contributed by atoms with van der Waals surface area (Å²) in [5.41, 5.74) is 26.7. The van der Waals surface area contributed by atoms with Crippen molar-refractivity contribution in [2.45, 2.75) is 15.8 Å². The Bertz CT molecular complexity index is 1430. The molecule has 0 bridgehead atoms. The van der Waals surface area contributed by atoms with Gasteiger partial charge in [-0.1, -0.05) is 18.2 Å². The molecule has 0 aliphatic heterocycles. The lowest BCUT2D eigenvalue weighted by atomic mass is 9.97. The minimum Gasteiger partial charge on any atom is -0.382 e. The minimum atomic E-state index is -4.34. The summed E-state index contributed by atoms with van der Waals surface area (Å²) in [6.45, 7) is -0.0269. The molecule has 1 aromatic heterocycles. The fraction of sp³-hybridized carbons (Fsp3) is 0.111. The van der Waals surface area contributed by atoms with E-state index in [0.29, 0.717) is 22.2 Å². The maximum absolute atomic E-state index is 12.7. The first-order valence-electron chi connectivity index (χ1n) is 9.63. The van der Waals surface area contributed by atoms with Gasteiger partial charge in [-0.25, -0.2) is 29.9 Å². The number of nitrogens with two attached hydrogens (primary N) is 6. The normalized spacial score (nSPS) is 12.4. The van der Waals surface area contributed by atoms with Gasteiger partial charge in [0.1, 0.15) is 4.90 Å². The van der Waals surface area contributed by atoms with E-state index in [2.05, 4.69) is 19.8 Å². The van der Waals surface area contributed by atoms with E-state index < -0.39 is 22.0 Å². The van der Waals surface area contributed by atoms with E-state index in [1.807, 2.05) is 5.53 Å². The number of benzene rings is 2. The van der Waals surface area contributed by atoms with Gasteiger partial charge in [0.15, 0.2) is 11.8 Å². The first-order valence-corrected chi connectivity index (χ1v) is 12.0. The van der Waals surface area contributed by atoms with Crippen LogP contribution < -0.4 is 44.2 Å². The van der Waals surface area contributed by atoms with Crippen molar-refractivity contribution in [2.75, 3.05) is 12.3 Å². The number of aromatic nitrogens is 2. The maximum Gasteiger partial charge on any atom is 0.373 e. The molecule has 0 spiro atoms. The van der Waals surface area contributed by atoms with Crippen LogP contribution in [0.15, 0.2) is 45.2 Å². The van der Waals surface area contributed by atoms with Crippen LogP contribution >= 0.6 is 11.9 Å². The molecule has 0 saturated carbocycles. The van der Waals surface area contributed by atoms with Crippen LogP contribution in [0.2, 0.25) is 0 Å². The van der Waals surface area contributed by atoms with Crippen molar-refractivity contribution in [1.29, 1.82) is 0 Å². The van der Waals surface area contributed by atoms with E-state index in [1.54, 1.807) is 24.3 Å². The molecule has 0 fully saturated rings. The van der Waals surface area contributed by atoms with Crippen LogP contribution in [0.4, 0.5) is 5.95 Å². The zero-order valence-corrected chi connectivity index (χ0v) is 20.0. The lowest BCUT2D eigenvalue weighted by Gasteiger charge is -2.18. The minimum absolute atomic E-state index is 0.00415. The predicted molar refractivity (Wildman–Crippen MR) is 131 cm³/mol. The summed E-state index contributed by atoms with van der Waals surface area (Å²) in [4.78, 5) is 34.5. The van der Waals surface area contributed by atoms with Gasteiger partial charge in [-0.15, -0.1) is 5.10 Å². The second kappa shape index (κ2) is 12.1. The Morgan fingerprint density at radius 1 is 1.19 bits per heavy atom. The lowest BCUT2D eigenvalue weighted by Crippen LogP contribution is -2.42. The van der Waals surface area contributed by atoms with Crippen molar-refractivity contribution in [2.24, 2.45) is 33.3 Å². The van der Waals surface area contributed by atoms with Crippen LogP contribution in [-0.2, 0) is 24.4 Å². The Balaban J connectivity index is 0.00000145. The topological polar surface area (TPSA) is 307 Å². The third kappa shape index (κ3) is 6.55. The number of para-hydroxylation sites is 1. The molecule has 1 unspecified atom stereocenters. The summed E-state index contributed by atoms with van der Waals surface area (Å²) >= 11 is 0.880. The summed E-state index contributed by atoms with van der Waals surface area (Å²) in [5.74, 6) is 4.50. The molecule has 3 rings (SSSR count). The smallest absolute Gasteiger partial charge is 0.373 e. The Labute approximate surface area is 208 Å². The molecule has 15 N–H and O–H groups in total. The lowest BCUT2D eigenvalue weighted by molar-refractivity contribution is -0.191. The number of nitrogen functional groups attached to an aromatic ring is 1. The number of aromatic amines is 1. The fourth-order valence-electron chi connectivity index (χ4n) is 3.11. The second-order valence-electron chi connectivity index (χ2n) is 6.85. The number of anilines is 1. The monoisotopic (exact) mass is 537 g/mol. The first-order chi connectivity index (χ1) is 17.0. The zero-order valence-electron chi connectivity index (χ0n) is 18.4. The fourth-order valence-corrected chi connectivity index (χ4v) is 5.18. The highest BCUT2D eigenvalue weighted by atomic mass is 32.2. The van der Waals surface area contributed by atoms with Crippen LogP contribution in [0, 0.1) is 0 Å². The quantitative estimate of drug-likeness (QED) is 0.0444. The number of rotatable bonds is 9. The third-order valence-corrected chi connectivity index (χ3v) is 6.51. The summed E-state index contributed by atoms with van der Waals surface area (Å²) in [6.07, 6.45) is 0.250. The number of primary amides is 1. The Hall–Kier alpha value is -4.03. The largest absolute Gasteiger partial charge is 0.382 e. The Morgan fingerprint density at radius 3 is 2.44 bits per heavy atom. The standard InChI is InChI=1S/C17H23N11O3S2.CO2/c18-9(16(20)29)6-24-32-11-5-4-7(8-2-1-3-10-13(8)26-17(21)25-10)12(15(19)27-28-22)14(11)33(23,30)31;2-1-3/h1-5,9,24,28H,6,18,22H2,(H2,19,27)(H2,20,29)(H3,21,25,26)(H2,23,30,31);. The van der Waals surface area contributed by atoms with E-state index in [-0.39, 0.29) is 39.8 Å². The Kier molecular flexibility index (Phi) is 9.47. The summed E-state index contributed by atoms with van der Waals surface area (Å²) in [5, 5.41) is 9.32. The average molecular weight is 538 g/mol. The van der Waals surface area contributed by atoms with Crippen LogP contribution in [0.1, 0.15) is 5.56 Å². The highest BCUT2D eigenvalue weighted by Gasteiger charge is 2.27. The number of hydrogen-bond acceptors (Lipinski definition) is 13. The average Bonchev–Trinajstić information content (AvgIpc) is 3.18. The molecule has 0 radical (unpaired) electrons. The number of sulfonamides is 1. The molecule has 18 heteroatoms. The number of carbonyl (C=O) groups excluding carboxylic acids is 3. The van der Waals surface area contributed by atoms with Crippen molar-refractivity contribution in [1.82, 2.24) is 20.2 Å². The first kappa shape index (κ1) is 28.2. The molecule has 16 nitrogen and oxygen atoms in total. The maximum atomic E-state index is 12.7. The number of nitrogens with zero attached hydrogens (tertiary/aromatic N) is 2. The van der Waals surface area contributed by atoms with E-state index in [0.717, 1.165) is 11.9 Å². The van der Waals surface area contributed by atoms with Crippen molar-refractivity contribution in [3.63, 3.8) is 0 Å². The number of fused-ring (bicyclic) bond motifs is 1. The number of primary sulfonamides is 1. The van der Waals surface area contributed by atoms with Crippen molar-refractivity contribution >= 4 is 56.8 Å². The van der Waals surface area contributed by atoms with Crippen molar-refractivity contribution < 1.29 is 22.8 Å². The molecule has 1 atom stereocenters. The van der Waals surface area contributed by atoms with Crippen molar-refractivity contribution in [3.8, 4) is 11.1 Å². The van der Waals surface area contributed by atoms with Crippen LogP contribution in [0.3, 0.4) is 0 Å². The second-order valence-corrected chi connectivity index (χ2v) is 9.28. The number of amidine groups is 1. The van der Waals surface area contributed by atoms with Crippen LogP contribution in [-0.4, -0.2) is 48.9 Å². The van der Waals surface area contributed by atoms with Gasteiger partial charge in [0.05, 0.1) is 17.1 Å². The molecule has 3 aromatic rings. The van der Waals surface area contributed by atoms with Gasteiger partial charge < -0.3 is 27.9 Å². The highest BCUT2D eigenvalue weighted by Crippen LogP contribution is 2.37. The van der Waals surface area contributed by atoms with Gasteiger partial charge in [-0.05, 0) is 29.6 Å². The molecule has 0 aliphatic rings. The molecule has 0 aliphatic carbocycles. The molecule has 0 saturated heterocycles. The molecule has 1 amide bonds. The number of amides is 1. The number of imidazole rings is 1. The summed E-state index contributed by atoms with van der Waals surface area (Å²) < 4.78 is 28.1. The van der Waals surface area contributed by atoms with E-state index in [4.69, 9.17) is 43.5 Å². The van der Waals surface area contributed by atoms with E-state index >= 15 is 0 Å². The van der Waals surface area contributed by atoms with Gasteiger partial charge in [0.2, 0.25) is 15.9 Å². The summed E-state index contributed by atoms with van der Waals surface area (Å²) in [6, 6.07) is 7.38. The van der Waals surface area contributed by atoms with E-state index in [9.17, 15) is 13.2 Å². The van der Waals surface area contributed by atoms with Crippen LogP contribution in [0.25, 0.3) is 22.2 Å². The number of carbonyl (C=O) groups is 1. The van der Waals surface area contributed by atoms with Gasteiger partial charge in [0, 0.05) is 22.6 Å². The molecule has 2 aromatic carbocycles. The molecule has 1 heterocycles. The van der Waals surface area contributed by atoms with Crippen molar-refractivity contribution in [3.05, 3.63) is 35.9 Å². The number of hydrogen-bond donors (Lipinski definition) is 9. The number of H-pyrrole nitrogens is 1. The SMILES string of the molecule is NN/N=C(\N)c1c(-c2cccc3[nH]c(N)nc23)ccc(SNCC(N)C(N)=O)c1S(N)(=O)=O.O=C=O. The highest BCUT2D eigenvalue weighted by molar-refractivity contribution is 7.98. The molecular formula is C18H23N11O5S2. The van der Waals surface area contributed by atoms with Crippen LogP contribution in [0.5, 0.6) is 0 Å².